The van der Waals surface area contributed by atoms with Crippen LogP contribution in [-0.4, -0.2) is 0 Å². The first-order valence-electron chi connectivity index (χ1n) is 2.81. The summed E-state index contributed by atoms with van der Waals surface area (Å²) in [4.78, 5) is 2.56. The van der Waals surface area contributed by atoms with E-state index in [2.05, 4.69) is 4.84 Å². The Kier molecular flexibility index (Phi) is 5.40. The largest absolute Gasteiger partial charge is 0.229 e. The van der Waals surface area contributed by atoms with E-state index in [1.54, 1.807) is 0 Å². The van der Waals surface area contributed by atoms with E-state index in [9.17, 15) is 0 Å². The van der Waals surface area contributed by atoms with Crippen molar-refractivity contribution < 1.29 is 0 Å². The lowest BCUT2D eigenvalue weighted by atomic mass is 10.2. The molecule has 1 N–H and O–H groups in total. The molecule has 0 aliphatic heterocycles. The predicted molar refractivity (Wildman–Crippen MR) is 46.4 cm³/mol. The van der Waals surface area contributed by atoms with Crippen LogP contribution in [-0.2, 0) is 6.54 Å². The standard InChI is InChI=1S/C7H8ClN.ClH/c8-9-6-7-4-2-1-3-5-7;/h1-5,9H,6H2;1H. The number of nitrogens with one attached hydrogen (secondary N) is 1. The summed E-state index contributed by atoms with van der Waals surface area (Å²) >= 11 is 5.29. The molecule has 0 aromatic heterocycles. The highest BCUT2D eigenvalue weighted by Crippen LogP contribution is 1.96. The molecule has 0 amide bonds. The van der Waals surface area contributed by atoms with Crippen LogP contribution in [0.25, 0.3) is 0 Å². The van der Waals surface area contributed by atoms with Gasteiger partial charge in [-0.3, -0.25) is 0 Å². The maximum absolute atomic E-state index is 5.29. The fraction of sp³-hybridized carbons (Fsp3) is 0.143. The molecule has 0 unspecified atom stereocenters. The first kappa shape index (κ1) is 9.76. The van der Waals surface area contributed by atoms with E-state index in [0.717, 1.165) is 6.54 Å². The summed E-state index contributed by atoms with van der Waals surface area (Å²) in [5.41, 5.74) is 1.20. The van der Waals surface area contributed by atoms with Crippen LogP contribution in [0.5, 0.6) is 0 Å². The molecule has 0 radical (unpaired) electrons. The number of hydrogen-bond acceptors (Lipinski definition) is 1. The monoisotopic (exact) mass is 177 g/mol. The molecule has 0 aliphatic carbocycles. The first-order valence-corrected chi connectivity index (χ1v) is 3.18. The van der Waals surface area contributed by atoms with Gasteiger partial charge < -0.3 is 0 Å². The Labute approximate surface area is 71.9 Å². The zero-order valence-corrected chi connectivity index (χ0v) is 6.95. The lowest BCUT2D eigenvalue weighted by Gasteiger charge is -1.94. The third-order valence-corrected chi connectivity index (χ3v) is 1.25. The quantitative estimate of drug-likeness (QED) is 0.685. The Morgan fingerprint density at radius 2 is 1.80 bits per heavy atom. The molecule has 0 aliphatic rings. The van der Waals surface area contributed by atoms with Gasteiger partial charge in [0.05, 0.1) is 0 Å². The van der Waals surface area contributed by atoms with Crippen molar-refractivity contribution in [3.8, 4) is 0 Å². The summed E-state index contributed by atoms with van der Waals surface area (Å²) < 4.78 is 0. The highest BCUT2D eigenvalue weighted by atomic mass is 35.5. The third kappa shape index (κ3) is 3.06. The van der Waals surface area contributed by atoms with Crippen LogP contribution in [0, 0.1) is 0 Å². The predicted octanol–water partition coefficient (Wildman–Crippen LogP) is 2.35. The van der Waals surface area contributed by atoms with Gasteiger partial charge in [0.15, 0.2) is 0 Å². The van der Waals surface area contributed by atoms with Gasteiger partial charge in [0.1, 0.15) is 0 Å². The maximum atomic E-state index is 5.29. The van der Waals surface area contributed by atoms with Gasteiger partial charge in [-0.2, -0.15) is 0 Å². The molecule has 0 spiro atoms. The fourth-order valence-electron chi connectivity index (χ4n) is 0.673. The minimum atomic E-state index is 0. The summed E-state index contributed by atoms with van der Waals surface area (Å²) in [6.45, 7) is 0.725. The molecule has 3 heteroatoms. The van der Waals surface area contributed by atoms with Crippen LogP contribution >= 0.6 is 24.2 Å². The highest BCUT2D eigenvalue weighted by molar-refractivity contribution is 6.13. The number of halogens is 2. The van der Waals surface area contributed by atoms with Gasteiger partial charge in [-0.15, -0.1) is 12.4 Å². The molecule has 1 aromatic carbocycles. The van der Waals surface area contributed by atoms with Crippen molar-refractivity contribution in [1.29, 1.82) is 0 Å². The van der Waals surface area contributed by atoms with Gasteiger partial charge in [-0.25, -0.2) is 4.84 Å². The van der Waals surface area contributed by atoms with Crippen molar-refractivity contribution >= 4 is 24.2 Å². The van der Waals surface area contributed by atoms with Crippen LogP contribution in [0.1, 0.15) is 5.56 Å². The fourth-order valence-corrected chi connectivity index (χ4v) is 0.827. The van der Waals surface area contributed by atoms with Crippen molar-refractivity contribution in [2.45, 2.75) is 6.54 Å². The molecule has 56 valence electrons. The van der Waals surface area contributed by atoms with Crippen molar-refractivity contribution in [3.05, 3.63) is 35.9 Å². The average Bonchev–Trinajstić information content (AvgIpc) is 1.91. The maximum Gasteiger partial charge on any atom is 0.0359 e. The number of hydrogen-bond donors (Lipinski definition) is 1. The van der Waals surface area contributed by atoms with E-state index in [4.69, 9.17) is 11.8 Å². The van der Waals surface area contributed by atoms with Crippen LogP contribution in [0.15, 0.2) is 30.3 Å². The van der Waals surface area contributed by atoms with Gasteiger partial charge in [0, 0.05) is 6.54 Å². The van der Waals surface area contributed by atoms with Gasteiger partial charge in [0.25, 0.3) is 0 Å². The van der Waals surface area contributed by atoms with Gasteiger partial charge in [-0.05, 0) is 17.3 Å². The Bertz CT molecular complexity index is 165. The Morgan fingerprint density at radius 3 is 2.30 bits per heavy atom. The molecule has 0 fully saturated rings. The van der Waals surface area contributed by atoms with Crippen LogP contribution in [0.3, 0.4) is 0 Å². The lowest BCUT2D eigenvalue weighted by molar-refractivity contribution is 0.964. The Balaban J connectivity index is 0.000000810. The highest BCUT2D eigenvalue weighted by Gasteiger charge is 1.84. The van der Waals surface area contributed by atoms with Gasteiger partial charge >= 0.3 is 0 Å². The van der Waals surface area contributed by atoms with Crippen LogP contribution in [0.4, 0.5) is 0 Å². The summed E-state index contributed by atoms with van der Waals surface area (Å²) in [5, 5.41) is 0. The molecule has 0 saturated carbocycles. The summed E-state index contributed by atoms with van der Waals surface area (Å²) in [5.74, 6) is 0. The second-order valence-electron chi connectivity index (χ2n) is 1.80. The minimum Gasteiger partial charge on any atom is -0.229 e. The van der Waals surface area contributed by atoms with Crippen LogP contribution in [0.2, 0.25) is 0 Å². The molecule has 0 atom stereocenters. The molecule has 0 saturated heterocycles. The molecule has 0 bridgehead atoms. The van der Waals surface area contributed by atoms with E-state index < -0.39 is 0 Å². The van der Waals surface area contributed by atoms with E-state index in [1.165, 1.54) is 5.56 Å². The third-order valence-electron chi connectivity index (χ3n) is 1.11. The zero-order valence-electron chi connectivity index (χ0n) is 5.38. The van der Waals surface area contributed by atoms with Gasteiger partial charge in [-0.1, -0.05) is 30.3 Å². The Morgan fingerprint density at radius 1 is 1.20 bits per heavy atom. The Hall–Kier alpha value is -0.240. The van der Waals surface area contributed by atoms with E-state index in [0.29, 0.717) is 0 Å². The van der Waals surface area contributed by atoms with Crippen LogP contribution < -0.4 is 4.84 Å². The molecule has 1 aromatic rings. The first-order chi connectivity index (χ1) is 4.43. The normalized spacial score (nSPS) is 8.50. The van der Waals surface area contributed by atoms with E-state index >= 15 is 0 Å². The number of benzene rings is 1. The summed E-state index contributed by atoms with van der Waals surface area (Å²) in [6.07, 6.45) is 0. The average molecular weight is 178 g/mol. The molecular weight excluding hydrogens is 169 g/mol. The second kappa shape index (κ2) is 5.54. The van der Waals surface area contributed by atoms with Crippen molar-refractivity contribution in [1.82, 2.24) is 4.84 Å². The van der Waals surface area contributed by atoms with Gasteiger partial charge in [0.2, 0.25) is 0 Å². The second-order valence-corrected chi connectivity index (χ2v) is 2.06. The van der Waals surface area contributed by atoms with Crippen molar-refractivity contribution in [2.75, 3.05) is 0 Å². The van der Waals surface area contributed by atoms with Crippen molar-refractivity contribution in [3.63, 3.8) is 0 Å². The van der Waals surface area contributed by atoms with E-state index in [-0.39, 0.29) is 12.4 Å². The molecular formula is C7H9Cl2N. The number of rotatable bonds is 2. The summed E-state index contributed by atoms with van der Waals surface area (Å²) in [7, 11) is 0. The summed E-state index contributed by atoms with van der Waals surface area (Å²) in [6, 6.07) is 10.0. The molecule has 1 nitrogen and oxygen atoms in total. The topological polar surface area (TPSA) is 12.0 Å². The smallest absolute Gasteiger partial charge is 0.0359 e. The van der Waals surface area contributed by atoms with Crippen molar-refractivity contribution in [2.24, 2.45) is 0 Å². The molecule has 0 heterocycles. The lowest BCUT2D eigenvalue weighted by Crippen LogP contribution is -1.96. The molecule has 10 heavy (non-hydrogen) atoms. The zero-order chi connectivity index (χ0) is 6.53. The minimum absolute atomic E-state index is 0. The molecule has 1 rings (SSSR count). The van der Waals surface area contributed by atoms with E-state index in [1.807, 2.05) is 30.3 Å². The SMILES string of the molecule is Cl.ClNCc1ccccc1.